The molecule has 178 valence electrons. The first-order valence-electron chi connectivity index (χ1n) is 11.4. The molecule has 0 unspecified atom stereocenters. The first kappa shape index (κ1) is 24.2. The Kier molecular flexibility index (Phi) is 7.19. The zero-order valence-electron chi connectivity index (χ0n) is 19.9. The molecule has 5 nitrogen and oxygen atoms in total. The van der Waals surface area contributed by atoms with Gasteiger partial charge < -0.3 is 14.6 Å². The Balaban J connectivity index is 1.83. The van der Waals surface area contributed by atoms with Gasteiger partial charge in [0.1, 0.15) is 17.2 Å². The Labute approximate surface area is 205 Å². The number of hydrogen-bond donors (Lipinski definition) is 1. The fraction of sp³-hybridized carbons (Fsp3) is 0.321. The zero-order chi connectivity index (χ0) is 24.3. The molecule has 0 radical (unpaired) electrons. The van der Waals surface area contributed by atoms with E-state index in [0.717, 1.165) is 11.1 Å². The molecule has 1 N–H and O–H groups in total. The first-order chi connectivity index (χ1) is 16.4. The number of nitrogens with zero attached hydrogens (tertiary/aromatic N) is 1. The van der Waals surface area contributed by atoms with Gasteiger partial charge in [-0.05, 0) is 29.9 Å². The van der Waals surface area contributed by atoms with Crippen molar-refractivity contribution in [3.8, 4) is 5.75 Å². The summed E-state index contributed by atoms with van der Waals surface area (Å²) in [5, 5.41) is 10.9. The number of carbonyl (C=O) groups is 1. The van der Waals surface area contributed by atoms with Gasteiger partial charge in [0.25, 0.3) is 0 Å². The molecule has 1 fully saturated rings. The Bertz CT molecular complexity index is 1050. The number of hydrogen-bond acceptors (Lipinski definition) is 5. The minimum atomic E-state index is -0.999. The Morgan fingerprint density at radius 1 is 0.941 bits per heavy atom. The Morgan fingerprint density at radius 3 is 1.91 bits per heavy atom. The Morgan fingerprint density at radius 2 is 1.47 bits per heavy atom. The predicted octanol–water partition coefficient (Wildman–Crippen LogP) is 5.84. The van der Waals surface area contributed by atoms with Crippen molar-refractivity contribution in [1.82, 2.24) is 4.90 Å². The summed E-state index contributed by atoms with van der Waals surface area (Å²) in [7, 11) is 1.61. The topological polar surface area (TPSA) is 59.0 Å². The largest absolute Gasteiger partial charge is 0.497 e. The maximum Gasteiger partial charge on any atom is 0.412 e. The second-order valence-electron chi connectivity index (χ2n) is 8.78. The summed E-state index contributed by atoms with van der Waals surface area (Å²) in [4.78, 5) is 15.4. The van der Waals surface area contributed by atoms with E-state index in [1.54, 1.807) is 12.0 Å². The highest BCUT2D eigenvalue weighted by Crippen LogP contribution is 2.50. The molecule has 3 aromatic rings. The van der Waals surface area contributed by atoms with Crippen LogP contribution in [-0.4, -0.2) is 40.9 Å². The van der Waals surface area contributed by atoms with Crippen molar-refractivity contribution >= 4 is 17.9 Å². The van der Waals surface area contributed by atoms with E-state index in [0.29, 0.717) is 11.3 Å². The number of ether oxygens (including phenoxy) is 2. The maximum atomic E-state index is 13.6. The van der Waals surface area contributed by atoms with Crippen LogP contribution in [0.5, 0.6) is 5.75 Å². The third-order valence-corrected chi connectivity index (χ3v) is 7.42. The highest BCUT2D eigenvalue weighted by molar-refractivity contribution is 7.99. The molecule has 0 aromatic heterocycles. The number of amides is 1. The molecule has 1 aliphatic heterocycles. The average molecular weight is 478 g/mol. The first-order valence-corrected chi connectivity index (χ1v) is 12.7. The molecular formula is C28H31NO4S. The van der Waals surface area contributed by atoms with Gasteiger partial charge in [-0.3, -0.25) is 4.90 Å². The third-order valence-electron chi connectivity index (χ3n) is 6.46. The summed E-state index contributed by atoms with van der Waals surface area (Å²) in [6.07, 6.45) is 0.572. The van der Waals surface area contributed by atoms with Crippen molar-refractivity contribution in [2.75, 3.05) is 13.4 Å². The molecule has 1 heterocycles. The quantitative estimate of drug-likeness (QED) is 0.442. The third kappa shape index (κ3) is 4.17. The highest BCUT2D eigenvalue weighted by atomic mass is 32.2. The van der Waals surface area contributed by atoms with Gasteiger partial charge in [-0.15, -0.1) is 11.8 Å². The van der Waals surface area contributed by atoms with Crippen LogP contribution in [0.2, 0.25) is 0 Å². The second-order valence-corrected chi connectivity index (χ2v) is 9.73. The van der Waals surface area contributed by atoms with Crippen LogP contribution in [0.4, 0.5) is 4.79 Å². The van der Waals surface area contributed by atoms with E-state index in [9.17, 15) is 9.90 Å². The summed E-state index contributed by atoms with van der Waals surface area (Å²) >= 11 is 1.44. The van der Waals surface area contributed by atoms with Crippen molar-refractivity contribution in [2.45, 2.75) is 37.0 Å². The normalized spacial score (nSPS) is 19.1. The van der Waals surface area contributed by atoms with Gasteiger partial charge in [-0.2, -0.15) is 0 Å². The van der Waals surface area contributed by atoms with Gasteiger partial charge in [-0.1, -0.05) is 86.6 Å². The van der Waals surface area contributed by atoms with E-state index >= 15 is 0 Å². The molecule has 0 spiro atoms. The summed E-state index contributed by atoms with van der Waals surface area (Å²) in [6.45, 7) is 4.19. The number of methoxy groups -OCH3 is 1. The molecule has 1 aliphatic rings. The lowest BCUT2D eigenvalue weighted by Crippen LogP contribution is -2.51. The molecule has 1 amide bonds. The molecule has 3 atom stereocenters. The van der Waals surface area contributed by atoms with Gasteiger partial charge in [-0.25, -0.2) is 4.79 Å². The number of thioether (sulfide) groups is 1. The van der Waals surface area contributed by atoms with Crippen LogP contribution in [0, 0.1) is 5.92 Å². The van der Waals surface area contributed by atoms with E-state index in [1.165, 1.54) is 11.8 Å². The maximum absolute atomic E-state index is 13.6. The molecule has 4 rings (SSSR count). The smallest absolute Gasteiger partial charge is 0.412 e. The van der Waals surface area contributed by atoms with Crippen molar-refractivity contribution in [2.24, 2.45) is 5.92 Å². The minimum absolute atomic E-state index is 0.0459. The van der Waals surface area contributed by atoms with Gasteiger partial charge >= 0.3 is 6.09 Å². The number of aliphatic hydroxyl groups is 1. The molecule has 0 aliphatic carbocycles. The van der Waals surface area contributed by atoms with Gasteiger partial charge in [0.05, 0.1) is 13.2 Å². The number of aliphatic hydroxyl groups excluding tert-OH is 1. The van der Waals surface area contributed by atoms with E-state index in [1.807, 2.05) is 91.2 Å². The van der Waals surface area contributed by atoms with Gasteiger partial charge in [0, 0.05) is 11.1 Å². The van der Waals surface area contributed by atoms with Crippen LogP contribution < -0.4 is 4.74 Å². The standard InChI is InChI=1S/C28H31NO4S/c1-19(2)25-28(21-11-7-5-8-12-21,22-13-9-6-10-14-22)33-27(31)29(25)26(34-4)24(30)20-15-17-23(32-3)18-16-20/h5-19,24-26,30H,1-4H3/t24-,25-,26-/m0/s1. The van der Waals surface area contributed by atoms with Crippen molar-refractivity contribution in [3.63, 3.8) is 0 Å². The fourth-order valence-corrected chi connectivity index (χ4v) is 5.83. The highest BCUT2D eigenvalue weighted by Gasteiger charge is 2.59. The van der Waals surface area contributed by atoms with Crippen LogP contribution in [0.1, 0.15) is 36.6 Å². The van der Waals surface area contributed by atoms with Crippen LogP contribution in [-0.2, 0) is 10.3 Å². The van der Waals surface area contributed by atoms with Crippen LogP contribution in [0.15, 0.2) is 84.9 Å². The Hall–Kier alpha value is -2.96. The van der Waals surface area contributed by atoms with Crippen LogP contribution >= 0.6 is 11.8 Å². The molecule has 34 heavy (non-hydrogen) atoms. The molecule has 0 bridgehead atoms. The van der Waals surface area contributed by atoms with Crippen molar-refractivity contribution < 1.29 is 19.4 Å². The number of rotatable bonds is 8. The van der Waals surface area contributed by atoms with E-state index in [2.05, 4.69) is 13.8 Å². The zero-order valence-corrected chi connectivity index (χ0v) is 20.7. The van der Waals surface area contributed by atoms with Crippen LogP contribution in [0.3, 0.4) is 0 Å². The molecular weight excluding hydrogens is 446 g/mol. The molecule has 0 saturated carbocycles. The summed E-state index contributed by atoms with van der Waals surface area (Å²) < 4.78 is 11.6. The molecule has 6 heteroatoms. The number of cyclic esters (lactones) is 1. The van der Waals surface area contributed by atoms with Gasteiger partial charge in [0.2, 0.25) is 0 Å². The summed E-state index contributed by atoms with van der Waals surface area (Å²) in [5.74, 6) is 0.758. The number of carbonyl (C=O) groups excluding carboxylic acids is 1. The van der Waals surface area contributed by atoms with Crippen molar-refractivity contribution in [3.05, 3.63) is 102 Å². The van der Waals surface area contributed by atoms with Crippen LogP contribution in [0.25, 0.3) is 0 Å². The molecule has 1 saturated heterocycles. The fourth-order valence-electron chi connectivity index (χ4n) is 4.97. The monoisotopic (exact) mass is 477 g/mol. The lowest BCUT2D eigenvalue weighted by atomic mass is 9.75. The summed E-state index contributed by atoms with van der Waals surface area (Å²) in [5.41, 5.74) is 1.54. The summed E-state index contributed by atoms with van der Waals surface area (Å²) in [6, 6.07) is 26.8. The predicted molar refractivity (Wildman–Crippen MR) is 136 cm³/mol. The van der Waals surface area contributed by atoms with E-state index in [4.69, 9.17) is 9.47 Å². The lowest BCUT2D eigenvalue weighted by Gasteiger charge is -2.41. The lowest BCUT2D eigenvalue weighted by molar-refractivity contribution is 0.0479. The second kappa shape index (κ2) is 10.1. The molecule has 3 aromatic carbocycles. The number of benzene rings is 3. The van der Waals surface area contributed by atoms with Gasteiger partial charge in [0.15, 0.2) is 5.60 Å². The van der Waals surface area contributed by atoms with E-state index in [-0.39, 0.29) is 12.0 Å². The average Bonchev–Trinajstić information content (AvgIpc) is 3.19. The van der Waals surface area contributed by atoms with E-state index < -0.39 is 23.2 Å². The minimum Gasteiger partial charge on any atom is -0.497 e. The SMILES string of the molecule is COc1ccc([C@H](O)[C@H](SC)N2C(=O)OC(c3ccccc3)(c3ccccc3)[C@@H]2C(C)C)cc1. The van der Waals surface area contributed by atoms with Crippen molar-refractivity contribution in [1.29, 1.82) is 0 Å².